The summed E-state index contributed by atoms with van der Waals surface area (Å²) in [5.41, 5.74) is 1.41. The third-order valence-electron chi connectivity index (χ3n) is 7.81. The van der Waals surface area contributed by atoms with E-state index < -0.39 is 5.54 Å². The lowest BCUT2D eigenvalue weighted by atomic mass is 9.74. The number of piperidine rings is 1. The minimum absolute atomic E-state index is 0.00326. The highest BCUT2D eigenvalue weighted by molar-refractivity contribution is 6.08. The Labute approximate surface area is 206 Å². The summed E-state index contributed by atoms with van der Waals surface area (Å²) >= 11 is 0. The number of imide groups is 1. The molecule has 4 heterocycles. The Balaban J connectivity index is 1.32. The maximum absolute atomic E-state index is 13.6. The second kappa shape index (κ2) is 9.57. The molecule has 0 aliphatic carbocycles. The van der Waals surface area contributed by atoms with E-state index in [1.165, 1.54) is 4.90 Å². The Hall–Kier alpha value is -3.00. The zero-order chi connectivity index (χ0) is 24.6. The number of urea groups is 1. The fourth-order valence-electron chi connectivity index (χ4n) is 6.08. The van der Waals surface area contributed by atoms with Gasteiger partial charge in [0.1, 0.15) is 5.54 Å². The molecule has 2 unspecified atom stereocenters. The predicted octanol–water partition coefficient (Wildman–Crippen LogP) is 3.67. The van der Waals surface area contributed by atoms with Gasteiger partial charge in [-0.15, -0.1) is 0 Å². The number of likely N-dealkylation sites (tertiary alicyclic amines) is 1. The molecule has 3 fully saturated rings. The summed E-state index contributed by atoms with van der Waals surface area (Å²) in [6, 6.07) is 9.27. The zero-order valence-corrected chi connectivity index (χ0v) is 20.6. The molecule has 2 aromatic rings. The van der Waals surface area contributed by atoms with Gasteiger partial charge in [-0.05, 0) is 57.1 Å². The first-order valence-corrected chi connectivity index (χ1v) is 12.8. The monoisotopic (exact) mass is 478 g/mol. The molecule has 186 valence electrons. The topological polar surface area (TPSA) is 91.8 Å². The fourth-order valence-corrected chi connectivity index (χ4v) is 6.08. The van der Waals surface area contributed by atoms with E-state index in [0.29, 0.717) is 51.1 Å². The fraction of sp³-hybridized carbons (Fsp3) is 0.556. The highest BCUT2D eigenvalue weighted by Crippen LogP contribution is 2.38. The van der Waals surface area contributed by atoms with Crippen LogP contribution in [0.25, 0.3) is 10.9 Å². The van der Waals surface area contributed by atoms with Crippen molar-refractivity contribution in [1.29, 1.82) is 0 Å². The molecule has 3 aliphatic heterocycles. The molecule has 8 heteroatoms. The lowest BCUT2D eigenvalue weighted by Gasteiger charge is -2.41. The number of nitrogens with one attached hydrogen (secondary N) is 1. The molecular weight excluding hydrogens is 444 g/mol. The lowest BCUT2D eigenvalue weighted by molar-refractivity contribution is -0.135. The van der Waals surface area contributed by atoms with Gasteiger partial charge in [0.15, 0.2) is 0 Å². The minimum Gasteiger partial charge on any atom is -0.376 e. The van der Waals surface area contributed by atoms with Gasteiger partial charge in [0, 0.05) is 30.8 Å². The third kappa shape index (κ3) is 4.29. The summed E-state index contributed by atoms with van der Waals surface area (Å²) in [6.07, 6.45) is 4.52. The number of hydrogen-bond donors (Lipinski definition) is 1. The number of carbonyl (C=O) groups excluding carboxylic acids is 3. The smallest absolute Gasteiger partial charge is 0.325 e. The van der Waals surface area contributed by atoms with Crippen LogP contribution in [0.4, 0.5) is 4.79 Å². The highest BCUT2D eigenvalue weighted by atomic mass is 16.5. The van der Waals surface area contributed by atoms with Crippen molar-refractivity contribution in [2.75, 3.05) is 26.2 Å². The van der Waals surface area contributed by atoms with Gasteiger partial charge in [-0.25, -0.2) is 4.79 Å². The largest absolute Gasteiger partial charge is 0.376 e. The summed E-state index contributed by atoms with van der Waals surface area (Å²) in [5, 5.41) is 3.95. The number of ether oxygens (including phenoxy) is 1. The zero-order valence-electron chi connectivity index (χ0n) is 20.6. The number of aromatic nitrogens is 1. The Morgan fingerprint density at radius 2 is 1.97 bits per heavy atom. The first kappa shape index (κ1) is 23.7. The SMILES string of the molecule is CCCC1(C2CCN(C(=O)c3cc(C)nc4ccccc34)CC2)NC(=O)N(CC2CCCO2)C1=O. The molecule has 8 nitrogen and oxygen atoms in total. The Morgan fingerprint density at radius 1 is 1.20 bits per heavy atom. The van der Waals surface area contributed by atoms with Crippen LogP contribution >= 0.6 is 0 Å². The summed E-state index contributed by atoms with van der Waals surface area (Å²) in [6.45, 7) is 6.06. The van der Waals surface area contributed by atoms with E-state index in [0.717, 1.165) is 35.9 Å². The average Bonchev–Trinajstić information content (AvgIpc) is 3.46. The van der Waals surface area contributed by atoms with Crippen molar-refractivity contribution < 1.29 is 19.1 Å². The molecule has 3 aliphatic rings. The van der Waals surface area contributed by atoms with Crippen LogP contribution in [0.2, 0.25) is 0 Å². The van der Waals surface area contributed by atoms with E-state index in [9.17, 15) is 14.4 Å². The number of fused-ring (bicyclic) bond motifs is 1. The van der Waals surface area contributed by atoms with Gasteiger partial charge < -0.3 is 15.0 Å². The van der Waals surface area contributed by atoms with E-state index >= 15 is 0 Å². The molecule has 4 amide bonds. The van der Waals surface area contributed by atoms with Crippen molar-refractivity contribution in [2.24, 2.45) is 5.92 Å². The van der Waals surface area contributed by atoms with Gasteiger partial charge in [0.05, 0.1) is 23.7 Å². The molecule has 0 radical (unpaired) electrons. The number of pyridine rings is 1. The molecule has 1 aromatic heterocycles. The molecule has 2 atom stereocenters. The summed E-state index contributed by atoms with van der Waals surface area (Å²) in [7, 11) is 0. The summed E-state index contributed by atoms with van der Waals surface area (Å²) < 4.78 is 5.68. The van der Waals surface area contributed by atoms with Crippen molar-refractivity contribution in [2.45, 2.75) is 64.0 Å². The molecule has 1 aromatic carbocycles. The van der Waals surface area contributed by atoms with Crippen LogP contribution in [0.3, 0.4) is 0 Å². The van der Waals surface area contributed by atoms with Gasteiger partial charge in [-0.1, -0.05) is 31.5 Å². The van der Waals surface area contributed by atoms with Crippen LogP contribution in [0.15, 0.2) is 30.3 Å². The summed E-state index contributed by atoms with van der Waals surface area (Å²) in [5.74, 6) is -0.134. The van der Waals surface area contributed by atoms with Gasteiger partial charge in [-0.2, -0.15) is 0 Å². The quantitative estimate of drug-likeness (QED) is 0.640. The number of aryl methyl sites for hydroxylation is 1. The van der Waals surface area contributed by atoms with Crippen molar-refractivity contribution in [1.82, 2.24) is 20.1 Å². The molecular formula is C27H34N4O4. The van der Waals surface area contributed by atoms with Crippen LogP contribution in [0.5, 0.6) is 0 Å². The first-order chi connectivity index (χ1) is 16.9. The van der Waals surface area contributed by atoms with Crippen molar-refractivity contribution in [3.63, 3.8) is 0 Å². The second-order valence-corrected chi connectivity index (χ2v) is 10.1. The van der Waals surface area contributed by atoms with Gasteiger partial charge in [-0.3, -0.25) is 19.5 Å². The van der Waals surface area contributed by atoms with Crippen LogP contribution in [-0.2, 0) is 9.53 Å². The molecule has 3 saturated heterocycles. The Morgan fingerprint density at radius 3 is 2.69 bits per heavy atom. The van der Waals surface area contributed by atoms with E-state index in [2.05, 4.69) is 10.3 Å². The van der Waals surface area contributed by atoms with Gasteiger partial charge in [0.25, 0.3) is 11.8 Å². The molecule has 1 N–H and O–H groups in total. The first-order valence-electron chi connectivity index (χ1n) is 12.8. The van der Waals surface area contributed by atoms with Crippen molar-refractivity contribution in [3.8, 4) is 0 Å². The molecule has 5 rings (SSSR count). The highest BCUT2D eigenvalue weighted by Gasteiger charge is 2.55. The Kier molecular flexibility index (Phi) is 6.49. The summed E-state index contributed by atoms with van der Waals surface area (Å²) in [4.78, 5) is 47.8. The van der Waals surface area contributed by atoms with E-state index in [4.69, 9.17) is 4.74 Å². The number of hydrogen-bond acceptors (Lipinski definition) is 5. The minimum atomic E-state index is -0.889. The van der Waals surface area contributed by atoms with Crippen LogP contribution < -0.4 is 5.32 Å². The number of benzene rings is 1. The predicted molar refractivity (Wildman–Crippen MR) is 132 cm³/mol. The molecule has 35 heavy (non-hydrogen) atoms. The van der Waals surface area contributed by atoms with E-state index in [1.54, 1.807) is 0 Å². The molecule has 0 spiro atoms. The average molecular weight is 479 g/mol. The van der Waals surface area contributed by atoms with Crippen molar-refractivity contribution >= 4 is 28.7 Å². The number of para-hydroxylation sites is 1. The second-order valence-electron chi connectivity index (χ2n) is 10.1. The van der Waals surface area contributed by atoms with Gasteiger partial charge >= 0.3 is 6.03 Å². The molecule has 0 saturated carbocycles. The van der Waals surface area contributed by atoms with E-state index in [-0.39, 0.29) is 29.9 Å². The normalized spacial score (nSPS) is 25.5. The maximum atomic E-state index is 13.6. The number of amides is 4. The number of nitrogens with zero attached hydrogens (tertiary/aromatic N) is 3. The van der Waals surface area contributed by atoms with Crippen LogP contribution in [0, 0.1) is 12.8 Å². The van der Waals surface area contributed by atoms with Crippen LogP contribution in [-0.4, -0.2) is 70.5 Å². The number of rotatable bonds is 6. The third-order valence-corrected chi connectivity index (χ3v) is 7.81. The Bertz CT molecular complexity index is 1140. The lowest BCUT2D eigenvalue weighted by Crippen LogP contribution is -2.56. The number of carbonyl (C=O) groups is 3. The van der Waals surface area contributed by atoms with E-state index in [1.807, 2.05) is 49.1 Å². The van der Waals surface area contributed by atoms with Gasteiger partial charge in [0.2, 0.25) is 0 Å². The standard InChI is InChI=1S/C27H34N4O4/c1-3-12-27(25(33)31(26(34)29-27)17-20-7-6-15-35-20)19-10-13-30(14-11-19)24(32)22-16-18(2)28-23-9-5-4-8-21(22)23/h4-5,8-9,16,19-20H,3,6-7,10-15,17H2,1-2H3,(H,29,34). The molecule has 0 bridgehead atoms. The van der Waals surface area contributed by atoms with Crippen LogP contribution in [0.1, 0.15) is 61.5 Å². The van der Waals surface area contributed by atoms with Crippen molar-refractivity contribution in [3.05, 3.63) is 41.6 Å². The maximum Gasteiger partial charge on any atom is 0.325 e.